The topological polar surface area (TPSA) is 89.8 Å². The summed E-state index contributed by atoms with van der Waals surface area (Å²) in [6.07, 6.45) is 23.3. The fourth-order valence-electron chi connectivity index (χ4n) is 4.57. The molecular weight excluding hydrogens is 426 g/mol. The van der Waals surface area contributed by atoms with Crippen LogP contribution in [-0.2, 0) is 4.79 Å². The molecule has 204 valence electrons. The number of carbonyl (C=O) groups excluding carboxylic acids is 1. The minimum Gasteiger partial charge on any atom is -0.394 e. The summed E-state index contributed by atoms with van der Waals surface area (Å²) in [6.45, 7) is 4.11. The van der Waals surface area contributed by atoms with Gasteiger partial charge in [-0.05, 0) is 12.8 Å². The molecule has 0 aromatic rings. The Morgan fingerprint density at radius 2 is 1.00 bits per heavy atom. The first-order chi connectivity index (χ1) is 16.6. The molecule has 0 aliphatic heterocycles. The fraction of sp³-hybridized carbons (Fsp3) is 0.966. The molecule has 4 N–H and O–H groups in total. The summed E-state index contributed by atoms with van der Waals surface area (Å²) in [7, 11) is 0. The van der Waals surface area contributed by atoms with Gasteiger partial charge in [0.2, 0.25) is 5.91 Å². The molecule has 0 aliphatic rings. The highest BCUT2D eigenvalue weighted by Gasteiger charge is 2.26. The van der Waals surface area contributed by atoms with Crippen LogP contribution in [0, 0.1) is 0 Å². The normalized spacial score (nSPS) is 14.1. The molecular formula is C29H59NO4. The standard InChI is InChI=1S/C29H59NO4/c1-3-5-7-9-11-13-15-17-19-21-23-27(32)29(34)26(25-31)30-28(33)24-22-20-18-16-14-12-10-8-6-4-2/h26-27,29,31-32,34H,3-25H2,1-2H3,(H,30,33)/t26-,27+,29-/m0/s1. The maximum atomic E-state index is 12.2. The third-order valence-corrected chi connectivity index (χ3v) is 6.96. The quantitative estimate of drug-likeness (QED) is 0.101. The van der Waals surface area contributed by atoms with Crippen LogP contribution in [0.25, 0.3) is 0 Å². The molecule has 1 amide bonds. The van der Waals surface area contributed by atoms with E-state index in [1.54, 1.807) is 0 Å². The third kappa shape index (κ3) is 20.7. The van der Waals surface area contributed by atoms with Crippen molar-refractivity contribution in [2.24, 2.45) is 0 Å². The molecule has 3 atom stereocenters. The van der Waals surface area contributed by atoms with Crippen LogP contribution in [0.15, 0.2) is 0 Å². The van der Waals surface area contributed by atoms with Crippen molar-refractivity contribution in [1.82, 2.24) is 5.32 Å². The monoisotopic (exact) mass is 485 g/mol. The lowest BCUT2D eigenvalue weighted by Crippen LogP contribution is -2.50. The second-order valence-electron chi connectivity index (χ2n) is 10.3. The van der Waals surface area contributed by atoms with Gasteiger partial charge in [0.1, 0.15) is 6.10 Å². The molecule has 0 unspecified atom stereocenters. The number of aliphatic hydroxyl groups is 3. The van der Waals surface area contributed by atoms with Crippen LogP contribution in [0.2, 0.25) is 0 Å². The number of carbonyl (C=O) groups is 1. The predicted octanol–water partition coefficient (Wildman–Crippen LogP) is 6.81. The SMILES string of the molecule is CCCCCCCCCCCCC(=O)N[C@@H](CO)[C@H](O)[C@H](O)CCCCCCCCCCCC. The van der Waals surface area contributed by atoms with E-state index >= 15 is 0 Å². The van der Waals surface area contributed by atoms with Gasteiger partial charge >= 0.3 is 0 Å². The molecule has 5 heteroatoms. The molecule has 0 aromatic heterocycles. The maximum Gasteiger partial charge on any atom is 0.220 e. The number of hydrogen-bond acceptors (Lipinski definition) is 4. The molecule has 34 heavy (non-hydrogen) atoms. The first-order valence-corrected chi connectivity index (χ1v) is 14.8. The minimum absolute atomic E-state index is 0.149. The first kappa shape index (κ1) is 33.4. The molecule has 0 spiro atoms. The van der Waals surface area contributed by atoms with Crippen LogP contribution in [-0.4, -0.2) is 46.1 Å². The van der Waals surface area contributed by atoms with Gasteiger partial charge in [-0.2, -0.15) is 0 Å². The van der Waals surface area contributed by atoms with E-state index in [1.165, 1.54) is 89.9 Å². The van der Waals surface area contributed by atoms with Gasteiger partial charge in [-0.1, -0.05) is 136 Å². The van der Waals surface area contributed by atoms with Crippen LogP contribution >= 0.6 is 0 Å². The van der Waals surface area contributed by atoms with Gasteiger partial charge in [-0.25, -0.2) is 0 Å². The van der Waals surface area contributed by atoms with Crippen molar-refractivity contribution in [1.29, 1.82) is 0 Å². The van der Waals surface area contributed by atoms with Crippen molar-refractivity contribution in [3.05, 3.63) is 0 Å². The Morgan fingerprint density at radius 1 is 0.618 bits per heavy atom. The van der Waals surface area contributed by atoms with Gasteiger partial charge in [0.25, 0.3) is 0 Å². The number of aliphatic hydroxyl groups excluding tert-OH is 3. The molecule has 0 saturated carbocycles. The van der Waals surface area contributed by atoms with E-state index in [0.29, 0.717) is 12.8 Å². The van der Waals surface area contributed by atoms with E-state index in [1.807, 2.05) is 0 Å². The van der Waals surface area contributed by atoms with Crippen molar-refractivity contribution in [3.63, 3.8) is 0 Å². The molecule has 0 heterocycles. The van der Waals surface area contributed by atoms with E-state index < -0.39 is 18.2 Å². The summed E-state index contributed by atoms with van der Waals surface area (Å²) < 4.78 is 0. The number of unbranched alkanes of at least 4 members (excludes halogenated alkanes) is 18. The smallest absolute Gasteiger partial charge is 0.220 e. The molecule has 0 fully saturated rings. The predicted molar refractivity (Wildman–Crippen MR) is 144 cm³/mol. The van der Waals surface area contributed by atoms with E-state index in [-0.39, 0.29) is 12.5 Å². The summed E-state index contributed by atoms with van der Waals surface area (Å²) in [5.74, 6) is -0.149. The van der Waals surface area contributed by atoms with Crippen LogP contribution in [0.1, 0.15) is 155 Å². The van der Waals surface area contributed by atoms with Gasteiger partial charge in [-0.15, -0.1) is 0 Å². The zero-order chi connectivity index (χ0) is 25.3. The lowest BCUT2D eigenvalue weighted by atomic mass is 9.99. The summed E-state index contributed by atoms with van der Waals surface area (Å²) in [6, 6.07) is -0.797. The summed E-state index contributed by atoms with van der Waals surface area (Å²) in [5, 5.41) is 33.0. The van der Waals surface area contributed by atoms with Crippen molar-refractivity contribution in [3.8, 4) is 0 Å². The van der Waals surface area contributed by atoms with Crippen LogP contribution in [0.4, 0.5) is 0 Å². The lowest BCUT2D eigenvalue weighted by Gasteiger charge is -2.26. The van der Waals surface area contributed by atoms with Crippen LogP contribution in [0.5, 0.6) is 0 Å². The molecule has 0 aromatic carbocycles. The van der Waals surface area contributed by atoms with Crippen molar-refractivity contribution in [2.45, 2.75) is 173 Å². The highest BCUT2D eigenvalue weighted by Crippen LogP contribution is 2.15. The zero-order valence-electron chi connectivity index (χ0n) is 22.7. The largest absolute Gasteiger partial charge is 0.394 e. The number of amides is 1. The van der Waals surface area contributed by atoms with Crippen molar-refractivity contribution < 1.29 is 20.1 Å². The van der Waals surface area contributed by atoms with Gasteiger partial charge in [-0.3, -0.25) is 4.79 Å². The van der Waals surface area contributed by atoms with Crippen LogP contribution < -0.4 is 5.32 Å². The minimum atomic E-state index is -1.12. The number of rotatable bonds is 26. The average molecular weight is 486 g/mol. The number of hydrogen-bond donors (Lipinski definition) is 4. The number of nitrogens with one attached hydrogen (secondary N) is 1. The van der Waals surface area contributed by atoms with E-state index in [4.69, 9.17) is 0 Å². The van der Waals surface area contributed by atoms with E-state index in [2.05, 4.69) is 19.2 Å². The Labute approximate surface area is 211 Å². The Balaban J connectivity index is 3.77. The molecule has 0 radical (unpaired) electrons. The second-order valence-corrected chi connectivity index (χ2v) is 10.3. The van der Waals surface area contributed by atoms with Crippen molar-refractivity contribution in [2.75, 3.05) is 6.61 Å². The van der Waals surface area contributed by atoms with Gasteiger partial charge in [0, 0.05) is 6.42 Å². The third-order valence-electron chi connectivity index (χ3n) is 6.96. The second kappa shape index (κ2) is 25.4. The van der Waals surface area contributed by atoms with E-state index in [0.717, 1.165) is 38.5 Å². The van der Waals surface area contributed by atoms with Crippen molar-refractivity contribution >= 4 is 5.91 Å². The zero-order valence-corrected chi connectivity index (χ0v) is 22.7. The molecule has 0 saturated heterocycles. The Hall–Kier alpha value is -0.650. The summed E-state index contributed by atoms with van der Waals surface area (Å²) >= 11 is 0. The average Bonchev–Trinajstić information content (AvgIpc) is 2.84. The summed E-state index contributed by atoms with van der Waals surface area (Å²) in [5.41, 5.74) is 0. The Kier molecular flexibility index (Phi) is 25.0. The lowest BCUT2D eigenvalue weighted by molar-refractivity contribution is -0.124. The highest BCUT2D eigenvalue weighted by molar-refractivity contribution is 5.76. The Morgan fingerprint density at radius 3 is 1.41 bits per heavy atom. The molecule has 0 rings (SSSR count). The fourth-order valence-corrected chi connectivity index (χ4v) is 4.57. The molecule has 5 nitrogen and oxygen atoms in total. The summed E-state index contributed by atoms with van der Waals surface area (Å²) in [4.78, 5) is 12.2. The molecule has 0 aliphatic carbocycles. The highest BCUT2D eigenvalue weighted by atomic mass is 16.3. The van der Waals surface area contributed by atoms with Gasteiger partial charge in [0.05, 0.1) is 18.8 Å². The first-order valence-electron chi connectivity index (χ1n) is 14.8. The van der Waals surface area contributed by atoms with Gasteiger partial charge < -0.3 is 20.6 Å². The molecule has 0 bridgehead atoms. The van der Waals surface area contributed by atoms with E-state index in [9.17, 15) is 20.1 Å². The van der Waals surface area contributed by atoms with Crippen LogP contribution in [0.3, 0.4) is 0 Å². The maximum absolute atomic E-state index is 12.2. The Bertz CT molecular complexity index is 432. The van der Waals surface area contributed by atoms with Gasteiger partial charge in [0.15, 0.2) is 0 Å².